The number of carboxylic acids is 1. The zero-order chi connectivity index (χ0) is 14.4. The van der Waals surface area contributed by atoms with Crippen molar-refractivity contribution >= 4 is 29.3 Å². The number of amides is 1. The minimum absolute atomic E-state index is 0.101. The lowest BCUT2D eigenvalue weighted by atomic mass is 10.0. The second-order valence-corrected chi connectivity index (χ2v) is 6.19. The van der Waals surface area contributed by atoms with Crippen LogP contribution < -0.4 is 5.32 Å². The van der Waals surface area contributed by atoms with E-state index in [0.717, 1.165) is 35.6 Å². The predicted molar refractivity (Wildman–Crippen MR) is 81.1 cm³/mol. The molecule has 1 saturated heterocycles. The van der Waals surface area contributed by atoms with Gasteiger partial charge in [-0.25, -0.2) is 0 Å². The van der Waals surface area contributed by atoms with Crippen LogP contribution in [0, 0.1) is 5.92 Å². The molecule has 1 aromatic carbocycles. The summed E-state index contributed by atoms with van der Waals surface area (Å²) in [5, 5.41) is 11.6. The number of thioether (sulfide) groups is 1. The number of aryl methyl sites for hydroxylation is 1. The van der Waals surface area contributed by atoms with Crippen LogP contribution in [0.1, 0.15) is 24.8 Å². The molecule has 0 atom stereocenters. The number of carbonyl (C=O) groups is 2. The third-order valence-corrected chi connectivity index (χ3v) is 4.49. The van der Waals surface area contributed by atoms with Crippen LogP contribution >= 0.6 is 11.8 Å². The number of hydrogen-bond acceptors (Lipinski definition) is 3. The van der Waals surface area contributed by atoms with Gasteiger partial charge < -0.3 is 10.4 Å². The third-order valence-electron chi connectivity index (χ3n) is 3.44. The molecule has 0 unspecified atom stereocenters. The van der Waals surface area contributed by atoms with Gasteiger partial charge in [-0.2, -0.15) is 11.8 Å². The zero-order valence-corrected chi connectivity index (χ0v) is 12.1. The highest BCUT2D eigenvalue weighted by Crippen LogP contribution is 2.24. The van der Waals surface area contributed by atoms with Gasteiger partial charge >= 0.3 is 5.97 Å². The van der Waals surface area contributed by atoms with Gasteiger partial charge in [-0.1, -0.05) is 12.1 Å². The molecule has 1 aliphatic heterocycles. The minimum Gasteiger partial charge on any atom is -0.481 e. The van der Waals surface area contributed by atoms with Crippen LogP contribution in [0.15, 0.2) is 24.3 Å². The maximum absolute atomic E-state index is 12.1. The monoisotopic (exact) mass is 293 g/mol. The van der Waals surface area contributed by atoms with E-state index in [1.54, 1.807) is 0 Å². The molecule has 5 heteroatoms. The van der Waals surface area contributed by atoms with Crippen molar-refractivity contribution < 1.29 is 14.7 Å². The summed E-state index contributed by atoms with van der Waals surface area (Å²) in [6, 6.07) is 7.42. The van der Waals surface area contributed by atoms with E-state index in [-0.39, 0.29) is 18.2 Å². The van der Waals surface area contributed by atoms with Gasteiger partial charge in [0.25, 0.3) is 0 Å². The molecule has 0 aliphatic carbocycles. The number of aliphatic carboxylic acids is 1. The van der Waals surface area contributed by atoms with Gasteiger partial charge in [-0.15, -0.1) is 0 Å². The number of hydrogen-bond donors (Lipinski definition) is 2. The Morgan fingerprint density at radius 3 is 2.45 bits per heavy atom. The van der Waals surface area contributed by atoms with Crippen LogP contribution in [0.4, 0.5) is 5.69 Å². The molecule has 1 amide bonds. The van der Waals surface area contributed by atoms with Gasteiger partial charge in [-0.05, 0) is 48.5 Å². The summed E-state index contributed by atoms with van der Waals surface area (Å²) in [6.07, 6.45) is 2.55. The van der Waals surface area contributed by atoms with Gasteiger partial charge in [0, 0.05) is 18.0 Å². The van der Waals surface area contributed by atoms with Crippen molar-refractivity contribution in [3.05, 3.63) is 29.8 Å². The fourth-order valence-electron chi connectivity index (χ4n) is 2.21. The van der Waals surface area contributed by atoms with Crippen LogP contribution in [-0.2, 0) is 16.0 Å². The standard InChI is InChI=1S/C15H19NO3S/c17-14(18)6-3-11-1-4-13(5-2-11)16-15(19)12-7-9-20-10-8-12/h1-2,4-5,12H,3,6-10H2,(H,16,19)(H,17,18). The van der Waals surface area contributed by atoms with E-state index in [1.165, 1.54) is 0 Å². The summed E-state index contributed by atoms with van der Waals surface area (Å²) in [6.45, 7) is 0. The first-order chi connectivity index (χ1) is 9.65. The molecule has 1 fully saturated rings. The van der Waals surface area contributed by atoms with Crippen LogP contribution in [0.5, 0.6) is 0 Å². The Balaban J connectivity index is 1.86. The maximum atomic E-state index is 12.1. The van der Waals surface area contributed by atoms with Crippen molar-refractivity contribution in [2.24, 2.45) is 5.92 Å². The molecular weight excluding hydrogens is 274 g/mol. The molecule has 0 bridgehead atoms. The van der Waals surface area contributed by atoms with Crippen molar-refractivity contribution in [3.8, 4) is 0 Å². The quantitative estimate of drug-likeness (QED) is 0.876. The molecule has 0 aromatic heterocycles. The average Bonchev–Trinajstić information content (AvgIpc) is 2.47. The number of nitrogens with one attached hydrogen (secondary N) is 1. The van der Waals surface area contributed by atoms with Crippen molar-refractivity contribution in [2.45, 2.75) is 25.7 Å². The van der Waals surface area contributed by atoms with Crippen molar-refractivity contribution in [1.82, 2.24) is 0 Å². The Morgan fingerprint density at radius 1 is 1.20 bits per heavy atom. The molecule has 2 rings (SSSR count). The summed E-state index contributed by atoms with van der Waals surface area (Å²) < 4.78 is 0. The first kappa shape index (κ1) is 14.9. The highest BCUT2D eigenvalue weighted by Gasteiger charge is 2.21. The SMILES string of the molecule is O=C(O)CCc1ccc(NC(=O)C2CCSCC2)cc1. The van der Waals surface area contributed by atoms with Gasteiger partial charge in [0.2, 0.25) is 5.91 Å². The lowest BCUT2D eigenvalue weighted by molar-refractivity contribution is -0.137. The van der Waals surface area contributed by atoms with Gasteiger partial charge in [0.1, 0.15) is 0 Å². The van der Waals surface area contributed by atoms with Crippen LogP contribution in [0.3, 0.4) is 0 Å². The first-order valence-corrected chi connectivity index (χ1v) is 8.00. The van der Waals surface area contributed by atoms with Gasteiger partial charge in [-0.3, -0.25) is 9.59 Å². The molecule has 108 valence electrons. The lowest BCUT2D eigenvalue weighted by Gasteiger charge is -2.20. The number of benzene rings is 1. The maximum Gasteiger partial charge on any atom is 0.303 e. The normalized spacial score (nSPS) is 15.8. The molecule has 1 aromatic rings. The molecule has 0 spiro atoms. The van der Waals surface area contributed by atoms with E-state index in [9.17, 15) is 9.59 Å². The topological polar surface area (TPSA) is 66.4 Å². The Kier molecular flexibility index (Phi) is 5.47. The lowest BCUT2D eigenvalue weighted by Crippen LogP contribution is -2.26. The van der Waals surface area contributed by atoms with E-state index in [0.29, 0.717) is 6.42 Å². The summed E-state index contributed by atoms with van der Waals surface area (Å²) >= 11 is 1.90. The number of anilines is 1. The minimum atomic E-state index is -0.794. The highest BCUT2D eigenvalue weighted by atomic mass is 32.2. The smallest absolute Gasteiger partial charge is 0.303 e. The van der Waals surface area contributed by atoms with E-state index in [1.807, 2.05) is 36.0 Å². The molecule has 2 N–H and O–H groups in total. The van der Waals surface area contributed by atoms with Crippen LogP contribution in [-0.4, -0.2) is 28.5 Å². The number of carbonyl (C=O) groups excluding carboxylic acids is 1. The summed E-state index contributed by atoms with van der Waals surface area (Å²) in [4.78, 5) is 22.6. The predicted octanol–water partition coefficient (Wildman–Crippen LogP) is 2.79. The first-order valence-electron chi connectivity index (χ1n) is 6.84. The van der Waals surface area contributed by atoms with Crippen molar-refractivity contribution in [2.75, 3.05) is 16.8 Å². The van der Waals surface area contributed by atoms with Crippen molar-refractivity contribution in [3.63, 3.8) is 0 Å². The number of carboxylic acid groups (broad SMARTS) is 1. The molecule has 1 aliphatic rings. The molecule has 20 heavy (non-hydrogen) atoms. The molecule has 0 radical (unpaired) electrons. The third kappa shape index (κ3) is 4.56. The fourth-order valence-corrected chi connectivity index (χ4v) is 3.32. The Hall–Kier alpha value is -1.49. The second-order valence-electron chi connectivity index (χ2n) is 4.97. The van der Waals surface area contributed by atoms with Gasteiger partial charge in [0.05, 0.1) is 0 Å². The van der Waals surface area contributed by atoms with E-state index < -0.39 is 5.97 Å². The van der Waals surface area contributed by atoms with E-state index in [4.69, 9.17) is 5.11 Å². The van der Waals surface area contributed by atoms with E-state index in [2.05, 4.69) is 5.32 Å². The summed E-state index contributed by atoms with van der Waals surface area (Å²) in [7, 11) is 0. The fraction of sp³-hybridized carbons (Fsp3) is 0.467. The van der Waals surface area contributed by atoms with Crippen LogP contribution in [0.25, 0.3) is 0 Å². The Morgan fingerprint density at radius 2 is 1.85 bits per heavy atom. The van der Waals surface area contributed by atoms with Crippen molar-refractivity contribution in [1.29, 1.82) is 0 Å². The van der Waals surface area contributed by atoms with E-state index >= 15 is 0 Å². The van der Waals surface area contributed by atoms with Gasteiger partial charge in [0.15, 0.2) is 0 Å². The summed E-state index contributed by atoms with van der Waals surface area (Å²) in [5.41, 5.74) is 1.76. The second kappa shape index (κ2) is 7.33. The molecule has 4 nitrogen and oxygen atoms in total. The zero-order valence-electron chi connectivity index (χ0n) is 11.3. The molecular formula is C15H19NO3S. The largest absolute Gasteiger partial charge is 0.481 e. The number of rotatable bonds is 5. The Bertz CT molecular complexity index is 467. The summed E-state index contributed by atoms with van der Waals surface area (Å²) in [5.74, 6) is 1.56. The van der Waals surface area contributed by atoms with Crippen LogP contribution in [0.2, 0.25) is 0 Å². The molecule has 0 saturated carbocycles. The molecule has 1 heterocycles. The Labute approximate surface area is 123 Å². The average molecular weight is 293 g/mol. The highest BCUT2D eigenvalue weighted by molar-refractivity contribution is 7.99.